The smallest absolute Gasteiger partial charge is 0.150 e. The van der Waals surface area contributed by atoms with Crippen LogP contribution in [0.2, 0.25) is 0 Å². The van der Waals surface area contributed by atoms with Crippen LogP contribution in [0.15, 0.2) is 0 Å². The molecule has 4 heteroatoms. The van der Waals surface area contributed by atoms with E-state index in [0.29, 0.717) is 16.3 Å². The van der Waals surface area contributed by atoms with E-state index in [4.69, 9.17) is 0 Å². The van der Waals surface area contributed by atoms with E-state index in [9.17, 15) is 8.42 Å². The van der Waals surface area contributed by atoms with Crippen LogP contribution in [0.25, 0.3) is 0 Å². The van der Waals surface area contributed by atoms with Gasteiger partial charge in [-0.2, -0.15) is 0 Å². The summed E-state index contributed by atoms with van der Waals surface area (Å²) in [4.78, 5) is 0.432. The first kappa shape index (κ1) is 7.54. The molecule has 1 rings (SSSR count). The number of hydrogen-bond donors (Lipinski definition) is 0. The van der Waals surface area contributed by atoms with Gasteiger partial charge in [0.25, 0.3) is 0 Å². The molecule has 0 N–H and O–H groups in total. The lowest BCUT2D eigenvalue weighted by atomic mass is 10.3. The number of halogens is 1. The molecule has 0 radical (unpaired) electrons. The zero-order valence-electron chi connectivity index (χ0n) is 5.01. The van der Waals surface area contributed by atoms with Gasteiger partial charge < -0.3 is 0 Å². The van der Waals surface area contributed by atoms with Crippen molar-refractivity contribution in [1.29, 1.82) is 0 Å². The Balaban J connectivity index is 2.55. The molecule has 1 heterocycles. The highest BCUT2D eigenvalue weighted by Crippen LogP contribution is 2.18. The monoisotopic (exact) mass is 212 g/mol. The SMILES string of the molecule is O=S1(=O)CCC(Br)CC1. The molecule has 0 amide bonds. The van der Waals surface area contributed by atoms with Crippen molar-refractivity contribution in [3.8, 4) is 0 Å². The average molecular weight is 213 g/mol. The fourth-order valence-electron chi connectivity index (χ4n) is 0.861. The van der Waals surface area contributed by atoms with E-state index >= 15 is 0 Å². The molecule has 0 aromatic heterocycles. The van der Waals surface area contributed by atoms with Crippen LogP contribution in [0, 0.1) is 0 Å². The highest BCUT2D eigenvalue weighted by atomic mass is 79.9. The van der Waals surface area contributed by atoms with Crippen LogP contribution < -0.4 is 0 Å². The molecule has 1 fully saturated rings. The quantitative estimate of drug-likeness (QED) is 0.561. The van der Waals surface area contributed by atoms with Gasteiger partial charge in [-0.05, 0) is 12.8 Å². The fraction of sp³-hybridized carbons (Fsp3) is 1.00. The van der Waals surface area contributed by atoms with Crippen molar-refractivity contribution < 1.29 is 8.42 Å². The van der Waals surface area contributed by atoms with E-state index in [0.717, 1.165) is 12.8 Å². The zero-order chi connectivity index (χ0) is 6.91. The number of hydrogen-bond acceptors (Lipinski definition) is 2. The lowest BCUT2D eigenvalue weighted by Gasteiger charge is -2.15. The number of sulfone groups is 1. The van der Waals surface area contributed by atoms with E-state index in [1.807, 2.05) is 0 Å². The molecule has 0 saturated carbocycles. The first-order valence-electron chi connectivity index (χ1n) is 2.95. The van der Waals surface area contributed by atoms with Crippen molar-refractivity contribution in [1.82, 2.24) is 0 Å². The van der Waals surface area contributed by atoms with Crippen molar-refractivity contribution in [2.24, 2.45) is 0 Å². The summed E-state index contributed by atoms with van der Waals surface area (Å²) in [6.45, 7) is 0. The van der Waals surface area contributed by atoms with Gasteiger partial charge in [0.05, 0.1) is 11.5 Å². The van der Waals surface area contributed by atoms with Gasteiger partial charge in [0.2, 0.25) is 0 Å². The molecular formula is C5H9BrO2S. The Morgan fingerprint density at radius 2 is 1.67 bits per heavy atom. The van der Waals surface area contributed by atoms with Crippen LogP contribution in [0.5, 0.6) is 0 Å². The van der Waals surface area contributed by atoms with E-state index in [1.165, 1.54) is 0 Å². The van der Waals surface area contributed by atoms with E-state index < -0.39 is 9.84 Å². The second kappa shape index (κ2) is 2.58. The maximum absolute atomic E-state index is 10.8. The van der Waals surface area contributed by atoms with Gasteiger partial charge in [-0.1, -0.05) is 15.9 Å². The fourth-order valence-corrected chi connectivity index (χ4v) is 3.42. The van der Waals surface area contributed by atoms with Crippen molar-refractivity contribution in [3.05, 3.63) is 0 Å². The minimum absolute atomic E-state index is 0.364. The van der Waals surface area contributed by atoms with E-state index in [2.05, 4.69) is 15.9 Å². The molecule has 0 bridgehead atoms. The first-order chi connectivity index (χ1) is 4.10. The summed E-state index contributed by atoms with van der Waals surface area (Å²) < 4.78 is 21.6. The predicted octanol–water partition coefficient (Wildman–Crippen LogP) is 0.959. The Morgan fingerprint density at radius 1 is 1.22 bits per heavy atom. The minimum atomic E-state index is -2.65. The molecule has 0 atom stereocenters. The molecule has 9 heavy (non-hydrogen) atoms. The molecular weight excluding hydrogens is 204 g/mol. The van der Waals surface area contributed by atoms with Gasteiger partial charge in [0.15, 0.2) is 0 Å². The predicted molar refractivity (Wildman–Crippen MR) is 40.6 cm³/mol. The van der Waals surface area contributed by atoms with Gasteiger partial charge in [0, 0.05) is 4.83 Å². The highest BCUT2D eigenvalue weighted by molar-refractivity contribution is 9.09. The Hall–Kier alpha value is 0.430. The summed E-state index contributed by atoms with van der Waals surface area (Å²) in [5.41, 5.74) is 0. The molecule has 0 aromatic carbocycles. The summed E-state index contributed by atoms with van der Waals surface area (Å²) in [5.74, 6) is 0.728. The van der Waals surface area contributed by atoms with Crippen molar-refractivity contribution in [3.63, 3.8) is 0 Å². The molecule has 0 aromatic rings. The lowest BCUT2D eigenvalue weighted by molar-refractivity contribution is 0.578. The minimum Gasteiger partial charge on any atom is -0.229 e. The largest absolute Gasteiger partial charge is 0.229 e. The van der Waals surface area contributed by atoms with Gasteiger partial charge >= 0.3 is 0 Å². The summed E-state index contributed by atoms with van der Waals surface area (Å²) in [7, 11) is -2.65. The second-order valence-corrected chi connectivity index (χ2v) is 5.93. The molecule has 2 nitrogen and oxygen atoms in total. The molecule has 0 unspecified atom stereocenters. The van der Waals surface area contributed by atoms with Crippen molar-refractivity contribution >= 4 is 25.8 Å². The summed E-state index contributed by atoms with van der Waals surface area (Å²) in [5, 5.41) is 0. The Labute approximate surface area is 63.7 Å². The van der Waals surface area contributed by atoms with Crippen LogP contribution >= 0.6 is 15.9 Å². The molecule has 1 saturated heterocycles. The van der Waals surface area contributed by atoms with Gasteiger partial charge in [-0.3, -0.25) is 0 Å². The summed E-state index contributed by atoms with van der Waals surface area (Å²) >= 11 is 3.38. The van der Waals surface area contributed by atoms with Crippen molar-refractivity contribution in [2.75, 3.05) is 11.5 Å². The molecule has 1 aliphatic rings. The topological polar surface area (TPSA) is 34.1 Å². The Morgan fingerprint density at radius 3 is 2.00 bits per heavy atom. The highest BCUT2D eigenvalue weighted by Gasteiger charge is 2.20. The van der Waals surface area contributed by atoms with Gasteiger partial charge in [-0.15, -0.1) is 0 Å². The average Bonchev–Trinajstić information content (AvgIpc) is 1.78. The summed E-state index contributed by atoms with van der Waals surface area (Å²) in [6, 6.07) is 0. The maximum atomic E-state index is 10.8. The third-order valence-electron chi connectivity index (χ3n) is 1.48. The third-order valence-corrected chi connectivity index (χ3v) is 4.12. The number of alkyl halides is 1. The molecule has 0 aliphatic carbocycles. The Kier molecular flexibility index (Phi) is 2.16. The first-order valence-corrected chi connectivity index (χ1v) is 5.68. The third kappa shape index (κ3) is 2.26. The summed E-state index contributed by atoms with van der Waals surface area (Å²) in [6.07, 6.45) is 1.56. The van der Waals surface area contributed by atoms with E-state index in [-0.39, 0.29) is 0 Å². The number of rotatable bonds is 0. The van der Waals surface area contributed by atoms with Crippen LogP contribution in [0.1, 0.15) is 12.8 Å². The van der Waals surface area contributed by atoms with Gasteiger partial charge in [0.1, 0.15) is 9.84 Å². The van der Waals surface area contributed by atoms with Crippen LogP contribution in [0.3, 0.4) is 0 Å². The van der Waals surface area contributed by atoms with Gasteiger partial charge in [-0.25, -0.2) is 8.42 Å². The molecule has 0 spiro atoms. The molecule has 54 valence electrons. The van der Waals surface area contributed by atoms with Crippen LogP contribution in [-0.2, 0) is 9.84 Å². The maximum Gasteiger partial charge on any atom is 0.150 e. The Bertz CT molecular complexity index is 171. The van der Waals surface area contributed by atoms with Crippen molar-refractivity contribution in [2.45, 2.75) is 17.7 Å². The molecule has 1 aliphatic heterocycles. The van der Waals surface area contributed by atoms with Crippen LogP contribution in [0.4, 0.5) is 0 Å². The second-order valence-electron chi connectivity index (χ2n) is 2.33. The van der Waals surface area contributed by atoms with Crippen LogP contribution in [-0.4, -0.2) is 24.8 Å². The normalized spacial score (nSPS) is 28.1. The van der Waals surface area contributed by atoms with E-state index in [1.54, 1.807) is 0 Å². The zero-order valence-corrected chi connectivity index (χ0v) is 7.41. The lowest BCUT2D eigenvalue weighted by Crippen LogP contribution is -2.22. The standard InChI is InChI=1S/C5H9BrO2S/c6-5-1-3-9(7,8)4-2-5/h5H,1-4H2.